The van der Waals surface area contributed by atoms with E-state index < -0.39 is 17.5 Å². The van der Waals surface area contributed by atoms with Crippen LogP contribution in [0.2, 0.25) is 0 Å². The van der Waals surface area contributed by atoms with Crippen LogP contribution < -0.4 is 5.73 Å². The molecule has 0 amide bonds. The highest BCUT2D eigenvalue weighted by Crippen LogP contribution is 2.10. The minimum atomic E-state index is -1.42. The topological polar surface area (TPSA) is 76.2 Å². The van der Waals surface area contributed by atoms with Crippen LogP contribution in [0.3, 0.4) is 0 Å². The van der Waals surface area contributed by atoms with Crippen molar-refractivity contribution in [3.05, 3.63) is 23.8 Å². The summed E-state index contributed by atoms with van der Waals surface area (Å²) in [4.78, 5) is 13.5. The van der Waals surface area contributed by atoms with Crippen LogP contribution in [0.15, 0.2) is 12.3 Å². The van der Waals surface area contributed by atoms with E-state index >= 15 is 0 Å². The molecule has 0 atom stereocenters. The number of nitrogen functional groups attached to an aromatic ring is 1. The Bertz CT molecular complexity index is 306. The van der Waals surface area contributed by atoms with Crippen molar-refractivity contribution < 1.29 is 14.3 Å². The standard InChI is InChI=1S/C6H5FN2O2.ClH/c7-4-3(8)1-2-9-5(4)6(10)11;/h1-2H,(H2,8,9)(H,10,11);1H. The average molecular weight is 193 g/mol. The van der Waals surface area contributed by atoms with Crippen molar-refractivity contribution in [2.24, 2.45) is 0 Å². The molecule has 0 spiro atoms. The maximum Gasteiger partial charge on any atom is 0.357 e. The van der Waals surface area contributed by atoms with Gasteiger partial charge in [-0.2, -0.15) is 0 Å². The largest absolute Gasteiger partial charge is 0.476 e. The van der Waals surface area contributed by atoms with Gasteiger partial charge in [-0.1, -0.05) is 0 Å². The lowest BCUT2D eigenvalue weighted by atomic mass is 10.3. The molecule has 1 aromatic heterocycles. The van der Waals surface area contributed by atoms with E-state index in [0.29, 0.717) is 0 Å². The van der Waals surface area contributed by atoms with Crippen LogP contribution in [0.5, 0.6) is 0 Å². The van der Waals surface area contributed by atoms with E-state index in [2.05, 4.69) is 4.98 Å². The molecule has 3 N–H and O–H groups in total. The van der Waals surface area contributed by atoms with Crippen molar-refractivity contribution in [3.63, 3.8) is 0 Å². The summed E-state index contributed by atoms with van der Waals surface area (Å²) < 4.78 is 12.7. The lowest BCUT2D eigenvalue weighted by molar-refractivity contribution is 0.0685. The molecule has 0 unspecified atom stereocenters. The third kappa shape index (κ3) is 1.82. The van der Waals surface area contributed by atoms with E-state index in [1.807, 2.05) is 0 Å². The molecule has 0 saturated heterocycles. The highest BCUT2D eigenvalue weighted by atomic mass is 35.5. The minimum absolute atomic E-state index is 0. The van der Waals surface area contributed by atoms with Gasteiger partial charge in [-0.25, -0.2) is 14.2 Å². The highest BCUT2D eigenvalue weighted by molar-refractivity contribution is 5.86. The number of carboxylic acids is 1. The Hall–Kier alpha value is -1.36. The third-order valence-electron chi connectivity index (χ3n) is 1.12. The number of nitrogens with zero attached hydrogens (tertiary/aromatic N) is 1. The molecule has 66 valence electrons. The molecule has 0 bridgehead atoms. The number of rotatable bonds is 1. The number of halogens is 2. The van der Waals surface area contributed by atoms with Crippen molar-refractivity contribution in [3.8, 4) is 0 Å². The molecular formula is C6H6ClFN2O2. The van der Waals surface area contributed by atoms with Crippen LogP contribution in [0.4, 0.5) is 10.1 Å². The van der Waals surface area contributed by atoms with Crippen LogP contribution in [0.25, 0.3) is 0 Å². The number of carboxylic acid groups (broad SMARTS) is 1. The number of hydrogen-bond acceptors (Lipinski definition) is 3. The molecule has 6 heteroatoms. The Morgan fingerprint density at radius 3 is 2.67 bits per heavy atom. The van der Waals surface area contributed by atoms with Crippen molar-refractivity contribution in [2.45, 2.75) is 0 Å². The van der Waals surface area contributed by atoms with Gasteiger partial charge in [0, 0.05) is 6.20 Å². The molecule has 1 heterocycles. The summed E-state index contributed by atoms with van der Waals surface area (Å²) in [7, 11) is 0. The average Bonchev–Trinajstić information content (AvgIpc) is 1.94. The van der Waals surface area contributed by atoms with Crippen LogP contribution in [0, 0.1) is 5.82 Å². The molecule has 0 saturated carbocycles. The van der Waals surface area contributed by atoms with Gasteiger partial charge in [0.15, 0.2) is 11.5 Å². The molecular weight excluding hydrogens is 187 g/mol. The minimum Gasteiger partial charge on any atom is -0.476 e. The first kappa shape index (κ1) is 10.6. The molecule has 0 aromatic carbocycles. The van der Waals surface area contributed by atoms with E-state index in [-0.39, 0.29) is 18.1 Å². The molecule has 1 rings (SSSR count). The lowest BCUT2D eigenvalue weighted by Gasteiger charge is -1.97. The van der Waals surface area contributed by atoms with Gasteiger partial charge in [0.25, 0.3) is 0 Å². The Balaban J connectivity index is 0.00000121. The van der Waals surface area contributed by atoms with Crippen LogP contribution in [0.1, 0.15) is 10.5 Å². The van der Waals surface area contributed by atoms with Crippen molar-refractivity contribution in [1.29, 1.82) is 0 Å². The summed E-state index contributed by atoms with van der Waals surface area (Å²) >= 11 is 0. The predicted octanol–water partition coefficient (Wildman–Crippen LogP) is 0.923. The van der Waals surface area contributed by atoms with Gasteiger partial charge in [-0.3, -0.25) is 0 Å². The van der Waals surface area contributed by atoms with Crippen LogP contribution >= 0.6 is 12.4 Å². The van der Waals surface area contributed by atoms with E-state index in [9.17, 15) is 9.18 Å². The smallest absolute Gasteiger partial charge is 0.357 e. The third-order valence-corrected chi connectivity index (χ3v) is 1.12. The zero-order chi connectivity index (χ0) is 8.43. The monoisotopic (exact) mass is 192 g/mol. The lowest BCUT2D eigenvalue weighted by Crippen LogP contribution is -2.06. The quantitative estimate of drug-likeness (QED) is 0.694. The molecule has 12 heavy (non-hydrogen) atoms. The van der Waals surface area contributed by atoms with Crippen molar-refractivity contribution >= 4 is 24.1 Å². The number of carbonyl (C=O) groups is 1. The summed E-state index contributed by atoms with van der Waals surface area (Å²) in [5, 5.41) is 8.33. The van der Waals surface area contributed by atoms with E-state index in [0.717, 1.165) is 6.20 Å². The second-order valence-electron chi connectivity index (χ2n) is 1.87. The summed E-state index contributed by atoms with van der Waals surface area (Å²) in [6, 6.07) is 1.20. The second kappa shape index (κ2) is 3.87. The van der Waals surface area contributed by atoms with Gasteiger partial charge in [0.05, 0.1) is 5.69 Å². The molecule has 1 aromatic rings. The summed E-state index contributed by atoms with van der Waals surface area (Å²) in [6.07, 6.45) is 1.14. The van der Waals surface area contributed by atoms with Crippen LogP contribution in [-0.2, 0) is 0 Å². The van der Waals surface area contributed by atoms with Gasteiger partial charge >= 0.3 is 5.97 Å². The first-order chi connectivity index (χ1) is 5.13. The summed E-state index contributed by atoms with van der Waals surface area (Å²) in [6.45, 7) is 0. The Morgan fingerprint density at radius 2 is 2.25 bits per heavy atom. The maximum atomic E-state index is 12.7. The molecule has 4 nitrogen and oxygen atoms in total. The van der Waals surface area contributed by atoms with Crippen molar-refractivity contribution in [2.75, 3.05) is 5.73 Å². The van der Waals surface area contributed by atoms with E-state index in [1.165, 1.54) is 6.07 Å². The number of nitrogens with two attached hydrogens (primary N) is 1. The second-order valence-corrected chi connectivity index (χ2v) is 1.87. The van der Waals surface area contributed by atoms with Gasteiger partial charge in [-0.05, 0) is 6.07 Å². The highest BCUT2D eigenvalue weighted by Gasteiger charge is 2.13. The SMILES string of the molecule is Cl.Nc1ccnc(C(=O)O)c1F. The summed E-state index contributed by atoms with van der Waals surface area (Å²) in [5.74, 6) is -2.41. The Labute approximate surface area is 73.6 Å². The Morgan fingerprint density at radius 1 is 1.67 bits per heavy atom. The fourth-order valence-corrected chi connectivity index (χ4v) is 0.608. The van der Waals surface area contributed by atoms with Crippen LogP contribution in [-0.4, -0.2) is 16.1 Å². The fraction of sp³-hybridized carbons (Fsp3) is 0. The number of anilines is 1. The zero-order valence-electron chi connectivity index (χ0n) is 5.82. The molecule has 0 aliphatic rings. The van der Waals surface area contributed by atoms with Gasteiger partial charge < -0.3 is 10.8 Å². The zero-order valence-corrected chi connectivity index (χ0v) is 6.64. The fourth-order valence-electron chi connectivity index (χ4n) is 0.608. The Kier molecular flexibility index (Phi) is 3.43. The summed E-state index contributed by atoms with van der Waals surface area (Å²) in [5.41, 5.74) is 4.22. The number of aromatic nitrogens is 1. The van der Waals surface area contributed by atoms with Gasteiger partial charge in [0.1, 0.15) is 0 Å². The van der Waals surface area contributed by atoms with Gasteiger partial charge in [-0.15, -0.1) is 12.4 Å². The van der Waals surface area contributed by atoms with Gasteiger partial charge in [0.2, 0.25) is 0 Å². The van der Waals surface area contributed by atoms with Crippen molar-refractivity contribution in [1.82, 2.24) is 4.98 Å². The predicted molar refractivity (Wildman–Crippen MR) is 42.8 cm³/mol. The maximum absolute atomic E-state index is 12.7. The molecule has 0 radical (unpaired) electrons. The molecule has 0 aliphatic carbocycles. The molecule has 0 aliphatic heterocycles. The van der Waals surface area contributed by atoms with E-state index in [4.69, 9.17) is 10.8 Å². The number of pyridine rings is 1. The number of hydrogen-bond donors (Lipinski definition) is 2. The normalized spacial score (nSPS) is 8.75. The number of aromatic carboxylic acids is 1. The molecule has 0 fully saturated rings. The van der Waals surface area contributed by atoms with E-state index in [1.54, 1.807) is 0 Å². The first-order valence-corrected chi connectivity index (χ1v) is 2.76. The first-order valence-electron chi connectivity index (χ1n) is 2.76.